The van der Waals surface area contributed by atoms with Gasteiger partial charge in [-0.15, -0.1) is 0 Å². The van der Waals surface area contributed by atoms with Crippen LogP contribution in [0.15, 0.2) is 51.4 Å². The molecule has 0 atom stereocenters. The van der Waals surface area contributed by atoms with Crippen LogP contribution >= 0.6 is 31.9 Å². The van der Waals surface area contributed by atoms with E-state index < -0.39 is 10.0 Å². The van der Waals surface area contributed by atoms with E-state index in [9.17, 15) is 8.42 Å². The Bertz CT molecular complexity index is 797. The first kappa shape index (κ1) is 16.0. The summed E-state index contributed by atoms with van der Waals surface area (Å²) in [4.78, 5) is 0. The summed E-state index contributed by atoms with van der Waals surface area (Å²) >= 11 is 6.60. The molecule has 0 saturated heterocycles. The first-order chi connectivity index (χ1) is 9.89. The molecule has 0 bridgehead atoms. The van der Waals surface area contributed by atoms with E-state index in [-0.39, 0.29) is 5.75 Å². The van der Waals surface area contributed by atoms with Gasteiger partial charge in [-0.3, -0.25) is 4.72 Å². The van der Waals surface area contributed by atoms with Crippen LogP contribution in [0.1, 0.15) is 11.1 Å². The quantitative estimate of drug-likeness (QED) is 0.797. The molecule has 4 nitrogen and oxygen atoms in total. The lowest BCUT2D eigenvalue weighted by atomic mass is 10.2. The van der Waals surface area contributed by atoms with Crippen LogP contribution in [-0.2, 0) is 15.8 Å². The number of nitrogens with zero attached hydrogens (tertiary/aromatic N) is 1. The normalized spacial score (nSPS) is 10.9. The number of benzene rings is 2. The Labute approximate surface area is 140 Å². The molecule has 2 aromatic rings. The Kier molecular flexibility index (Phi) is 5.04. The van der Waals surface area contributed by atoms with Gasteiger partial charge < -0.3 is 0 Å². The third-order valence-corrected chi connectivity index (χ3v) is 5.06. The molecule has 0 radical (unpaired) electrons. The fraction of sp³-hybridized carbons (Fsp3) is 0.0714. The molecule has 0 fully saturated rings. The second-order valence-electron chi connectivity index (χ2n) is 4.29. The highest BCUT2D eigenvalue weighted by Gasteiger charge is 2.13. The molecule has 2 rings (SSSR count). The first-order valence-corrected chi connectivity index (χ1v) is 9.08. The van der Waals surface area contributed by atoms with E-state index in [0.29, 0.717) is 21.3 Å². The molecule has 7 heteroatoms. The minimum absolute atomic E-state index is 0.155. The smallest absolute Gasteiger partial charge is 0.236 e. The highest BCUT2D eigenvalue weighted by atomic mass is 79.9. The van der Waals surface area contributed by atoms with E-state index in [0.717, 1.165) is 4.47 Å². The van der Waals surface area contributed by atoms with Gasteiger partial charge in [0.25, 0.3) is 0 Å². The number of nitriles is 1. The Hall–Kier alpha value is -1.36. The summed E-state index contributed by atoms with van der Waals surface area (Å²) < 4.78 is 28.3. The van der Waals surface area contributed by atoms with Crippen LogP contribution in [-0.4, -0.2) is 8.42 Å². The number of hydrogen-bond donors (Lipinski definition) is 1. The minimum Gasteiger partial charge on any atom is -0.282 e. The summed E-state index contributed by atoms with van der Waals surface area (Å²) in [5, 5.41) is 8.72. The number of sulfonamides is 1. The van der Waals surface area contributed by atoms with Crippen LogP contribution < -0.4 is 4.72 Å². The Morgan fingerprint density at radius 1 is 1.10 bits per heavy atom. The van der Waals surface area contributed by atoms with E-state index in [4.69, 9.17) is 5.26 Å². The third-order valence-electron chi connectivity index (χ3n) is 2.63. The van der Waals surface area contributed by atoms with Crippen molar-refractivity contribution in [1.82, 2.24) is 0 Å². The molecule has 0 aliphatic heterocycles. The second-order valence-corrected chi connectivity index (χ2v) is 7.79. The van der Waals surface area contributed by atoms with E-state index in [1.54, 1.807) is 36.4 Å². The molecule has 2 aromatic carbocycles. The molecule has 0 aliphatic rings. The lowest BCUT2D eigenvalue weighted by molar-refractivity contribution is 0.600. The summed E-state index contributed by atoms with van der Waals surface area (Å²) in [7, 11) is -3.53. The standard InChI is InChI=1S/C14H10Br2N2O2S/c15-12-5-6-13(16)14(7-12)18-21(19,20)9-11-3-1-10(8-17)2-4-11/h1-7,18H,9H2. The fourth-order valence-corrected chi connectivity index (χ4v) is 3.72. The predicted octanol–water partition coefficient (Wildman–Crippen LogP) is 4.03. The van der Waals surface area contributed by atoms with Crippen LogP contribution in [0.4, 0.5) is 5.69 Å². The van der Waals surface area contributed by atoms with Gasteiger partial charge in [-0.05, 0) is 51.8 Å². The second kappa shape index (κ2) is 6.60. The molecule has 0 amide bonds. The molecule has 108 valence electrons. The van der Waals surface area contributed by atoms with Crippen molar-refractivity contribution in [2.75, 3.05) is 4.72 Å². The number of hydrogen-bond acceptors (Lipinski definition) is 3. The number of rotatable bonds is 4. The van der Waals surface area contributed by atoms with Crippen LogP contribution in [0, 0.1) is 11.3 Å². The zero-order valence-electron chi connectivity index (χ0n) is 10.7. The van der Waals surface area contributed by atoms with Crippen LogP contribution in [0.25, 0.3) is 0 Å². The zero-order valence-corrected chi connectivity index (χ0v) is 14.7. The maximum absolute atomic E-state index is 12.2. The molecular weight excluding hydrogens is 420 g/mol. The summed E-state index contributed by atoms with van der Waals surface area (Å²) in [5.74, 6) is -0.155. The summed E-state index contributed by atoms with van der Waals surface area (Å²) in [5.41, 5.74) is 1.59. The highest BCUT2D eigenvalue weighted by molar-refractivity contribution is 9.11. The van der Waals surface area contributed by atoms with Gasteiger partial charge in [-0.2, -0.15) is 5.26 Å². The van der Waals surface area contributed by atoms with E-state index in [2.05, 4.69) is 36.6 Å². The monoisotopic (exact) mass is 428 g/mol. The SMILES string of the molecule is N#Cc1ccc(CS(=O)(=O)Nc2cc(Br)ccc2Br)cc1. The molecule has 1 N–H and O–H groups in total. The van der Waals surface area contributed by atoms with Crippen LogP contribution in [0.3, 0.4) is 0 Å². The van der Waals surface area contributed by atoms with Gasteiger partial charge in [-0.25, -0.2) is 8.42 Å². The Morgan fingerprint density at radius 3 is 2.38 bits per heavy atom. The van der Waals surface area contributed by atoms with Crippen molar-refractivity contribution in [2.45, 2.75) is 5.75 Å². The van der Waals surface area contributed by atoms with Gasteiger partial charge in [0.2, 0.25) is 10.0 Å². The molecule has 0 unspecified atom stereocenters. The maximum Gasteiger partial charge on any atom is 0.236 e. The molecule has 21 heavy (non-hydrogen) atoms. The maximum atomic E-state index is 12.2. The molecule has 0 aliphatic carbocycles. The summed E-state index contributed by atoms with van der Waals surface area (Å²) in [6.45, 7) is 0. The van der Waals surface area contributed by atoms with E-state index in [1.807, 2.05) is 12.1 Å². The molecule has 0 spiro atoms. The van der Waals surface area contributed by atoms with E-state index >= 15 is 0 Å². The van der Waals surface area contributed by atoms with Gasteiger partial charge in [-0.1, -0.05) is 28.1 Å². The third kappa shape index (κ3) is 4.56. The lowest BCUT2D eigenvalue weighted by Crippen LogP contribution is -2.15. The van der Waals surface area contributed by atoms with Crippen LogP contribution in [0.5, 0.6) is 0 Å². The first-order valence-electron chi connectivity index (χ1n) is 5.84. The van der Waals surface area contributed by atoms with Crippen molar-refractivity contribution in [2.24, 2.45) is 0 Å². The van der Waals surface area contributed by atoms with Crippen molar-refractivity contribution in [3.8, 4) is 6.07 Å². The van der Waals surface area contributed by atoms with Gasteiger partial charge in [0.05, 0.1) is 23.1 Å². The average molecular weight is 430 g/mol. The van der Waals surface area contributed by atoms with Crippen molar-refractivity contribution in [3.63, 3.8) is 0 Å². The number of nitrogens with one attached hydrogen (secondary N) is 1. The van der Waals surface area contributed by atoms with E-state index in [1.165, 1.54) is 0 Å². The predicted molar refractivity (Wildman–Crippen MR) is 89.2 cm³/mol. The van der Waals surface area contributed by atoms with Crippen LogP contribution in [0.2, 0.25) is 0 Å². The van der Waals surface area contributed by atoms with Gasteiger partial charge in [0.1, 0.15) is 0 Å². The largest absolute Gasteiger partial charge is 0.282 e. The molecule has 0 aromatic heterocycles. The van der Waals surface area contributed by atoms with Crippen molar-refractivity contribution in [3.05, 3.63) is 62.5 Å². The Balaban J connectivity index is 2.18. The molecule has 0 saturated carbocycles. The van der Waals surface area contributed by atoms with Gasteiger partial charge in [0, 0.05) is 8.95 Å². The minimum atomic E-state index is -3.53. The van der Waals surface area contributed by atoms with Crippen molar-refractivity contribution in [1.29, 1.82) is 5.26 Å². The number of anilines is 1. The number of halogens is 2. The summed E-state index contributed by atoms with van der Waals surface area (Å²) in [6.07, 6.45) is 0. The summed E-state index contributed by atoms with van der Waals surface area (Å²) in [6, 6.07) is 13.7. The van der Waals surface area contributed by atoms with Gasteiger partial charge in [0.15, 0.2) is 0 Å². The lowest BCUT2D eigenvalue weighted by Gasteiger charge is -2.10. The molecule has 0 heterocycles. The van der Waals surface area contributed by atoms with Crippen molar-refractivity contribution < 1.29 is 8.42 Å². The van der Waals surface area contributed by atoms with Crippen molar-refractivity contribution >= 4 is 47.6 Å². The highest BCUT2D eigenvalue weighted by Crippen LogP contribution is 2.27. The zero-order chi connectivity index (χ0) is 15.5. The Morgan fingerprint density at radius 2 is 1.76 bits per heavy atom. The van der Waals surface area contributed by atoms with Gasteiger partial charge >= 0.3 is 0 Å². The molecular formula is C14H10Br2N2O2S. The fourth-order valence-electron chi connectivity index (χ4n) is 1.67. The average Bonchev–Trinajstić information content (AvgIpc) is 2.43. The topological polar surface area (TPSA) is 70.0 Å².